The van der Waals surface area contributed by atoms with Crippen molar-refractivity contribution in [3.05, 3.63) is 46.1 Å². The Morgan fingerprint density at radius 1 is 1.25 bits per heavy atom. The van der Waals surface area contributed by atoms with E-state index in [0.29, 0.717) is 5.89 Å². The van der Waals surface area contributed by atoms with E-state index >= 15 is 0 Å². The molecule has 0 atom stereocenters. The zero-order valence-corrected chi connectivity index (χ0v) is 12.3. The van der Waals surface area contributed by atoms with Gasteiger partial charge < -0.3 is 4.42 Å². The predicted molar refractivity (Wildman–Crippen MR) is 78.5 cm³/mol. The van der Waals surface area contributed by atoms with E-state index in [-0.39, 0.29) is 4.84 Å². The zero-order chi connectivity index (χ0) is 14.3. The lowest BCUT2D eigenvalue weighted by Gasteiger charge is -2.09. The first-order valence-corrected chi connectivity index (χ1v) is 6.65. The molecule has 5 nitrogen and oxygen atoms in total. The molecule has 0 bridgehead atoms. The van der Waals surface area contributed by atoms with E-state index in [0.717, 1.165) is 22.5 Å². The third-order valence-corrected chi connectivity index (χ3v) is 3.45. The fourth-order valence-corrected chi connectivity index (χ4v) is 2.28. The summed E-state index contributed by atoms with van der Waals surface area (Å²) in [5.74, 6) is 0.462. The Bertz CT molecular complexity index is 828. The van der Waals surface area contributed by atoms with Crippen LogP contribution >= 0.6 is 12.2 Å². The molecule has 2 aromatic heterocycles. The van der Waals surface area contributed by atoms with Crippen LogP contribution in [0.4, 0.5) is 0 Å². The maximum atomic E-state index is 5.35. The number of H-pyrrole nitrogens is 1. The van der Waals surface area contributed by atoms with Crippen molar-refractivity contribution in [3.8, 4) is 17.1 Å². The number of hydrogen-bond donors (Lipinski definition) is 1. The van der Waals surface area contributed by atoms with E-state index in [4.69, 9.17) is 16.6 Å². The van der Waals surface area contributed by atoms with Gasteiger partial charge in [0.1, 0.15) is 0 Å². The van der Waals surface area contributed by atoms with Gasteiger partial charge >= 0.3 is 0 Å². The SMILES string of the molecule is Cc1ccc(C)c(-n2ncc(-c3n[nH]c(=S)o3)c2C)c1. The van der Waals surface area contributed by atoms with E-state index < -0.39 is 0 Å². The Labute approximate surface area is 121 Å². The van der Waals surface area contributed by atoms with Crippen molar-refractivity contribution < 1.29 is 4.42 Å². The van der Waals surface area contributed by atoms with Crippen LogP contribution in [0.2, 0.25) is 0 Å². The van der Waals surface area contributed by atoms with Crippen LogP contribution in [0.3, 0.4) is 0 Å². The quantitative estimate of drug-likeness (QED) is 0.732. The lowest BCUT2D eigenvalue weighted by molar-refractivity contribution is 0.551. The summed E-state index contributed by atoms with van der Waals surface area (Å²) in [6.07, 6.45) is 1.74. The summed E-state index contributed by atoms with van der Waals surface area (Å²) in [6.45, 7) is 6.11. The van der Waals surface area contributed by atoms with Gasteiger partial charge in [-0.05, 0) is 50.2 Å². The van der Waals surface area contributed by atoms with Crippen LogP contribution in [0, 0.1) is 25.6 Å². The fraction of sp³-hybridized carbons (Fsp3) is 0.214. The van der Waals surface area contributed by atoms with E-state index in [9.17, 15) is 0 Å². The van der Waals surface area contributed by atoms with Crippen LogP contribution in [0.5, 0.6) is 0 Å². The highest BCUT2D eigenvalue weighted by atomic mass is 32.1. The van der Waals surface area contributed by atoms with E-state index in [1.165, 1.54) is 5.56 Å². The molecule has 3 aromatic rings. The van der Waals surface area contributed by atoms with Gasteiger partial charge in [0.15, 0.2) is 0 Å². The average molecular weight is 286 g/mol. The predicted octanol–water partition coefficient (Wildman–Crippen LogP) is 3.51. The van der Waals surface area contributed by atoms with Crippen molar-refractivity contribution in [2.75, 3.05) is 0 Å². The second-order valence-corrected chi connectivity index (χ2v) is 5.13. The van der Waals surface area contributed by atoms with Gasteiger partial charge in [0.05, 0.1) is 23.1 Å². The van der Waals surface area contributed by atoms with E-state index in [2.05, 4.69) is 47.3 Å². The van der Waals surface area contributed by atoms with Gasteiger partial charge in [-0.25, -0.2) is 9.78 Å². The number of hydrogen-bond acceptors (Lipinski definition) is 4. The molecule has 0 spiro atoms. The molecule has 20 heavy (non-hydrogen) atoms. The van der Waals surface area contributed by atoms with Gasteiger partial charge in [0.25, 0.3) is 4.84 Å². The number of benzene rings is 1. The Morgan fingerprint density at radius 3 is 2.75 bits per heavy atom. The number of nitrogens with one attached hydrogen (secondary N) is 1. The van der Waals surface area contributed by atoms with Gasteiger partial charge in [-0.3, -0.25) is 0 Å². The highest BCUT2D eigenvalue weighted by Crippen LogP contribution is 2.25. The number of aryl methyl sites for hydroxylation is 2. The lowest BCUT2D eigenvalue weighted by Crippen LogP contribution is -2.01. The van der Waals surface area contributed by atoms with Gasteiger partial charge in [-0.2, -0.15) is 5.10 Å². The zero-order valence-electron chi connectivity index (χ0n) is 11.5. The van der Waals surface area contributed by atoms with Gasteiger partial charge in [-0.1, -0.05) is 12.1 Å². The van der Waals surface area contributed by atoms with Crippen LogP contribution in [0.15, 0.2) is 28.8 Å². The first-order chi connectivity index (χ1) is 9.56. The second-order valence-electron chi connectivity index (χ2n) is 4.76. The van der Waals surface area contributed by atoms with E-state index in [1.807, 2.05) is 11.6 Å². The van der Waals surface area contributed by atoms with Crippen molar-refractivity contribution >= 4 is 12.2 Å². The first-order valence-electron chi connectivity index (χ1n) is 6.24. The Balaban J connectivity index is 2.15. The summed E-state index contributed by atoms with van der Waals surface area (Å²) in [5.41, 5.74) is 5.21. The molecule has 0 aliphatic rings. The molecule has 1 N–H and O–H groups in total. The molecular weight excluding hydrogens is 272 g/mol. The van der Waals surface area contributed by atoms with Gasteiger partial charge in [0.2, 0.25) is 5.89 Å². The monoisotopic (exact) mass is 286 g/mol. The minimum Gasteiger partial charge on any atom is -0.409 e. The lowest BCUT2D eigenvalue weighted by atomic mass is 10.1. The Morgan fingerprint density at radius 2 is 2.05 bits per heavy atom. The molecule has 2 heterocycles. The van der Waals surface area contributed by atoms with Gasteiger partial charge in [0, 0.05) is 0 Å². The summed E-state index contributed by atoms with van der Waals surface area (Å²) in [7, 11) is 0. The Kier molecular flexibility index (Phi) is 3.02. The summed E-state index contributed by atoms with van der Waals surface area (Å²) in [6, 6.07) is 6.29. The smallest absolute Gasteiger partial charge is 0.284 e. The maximum Gasteiger partial charge on any atom is 0.284 e. The van der Waals surface area contributed by atoms with Crippen LogP contribution in [0.25, 0.3) is 17.1 Å². The minimum atomic E-state index is 0.263. The molecule has 3 rings (SSSR count). The van der Waals surface area contributed by atoms with E-state index in [1.54, 1.807) is 6.20 Å². The molecule has 0 fully saturated rings. The summed E-state index contributed by atoms with van der Waals surface area (Å²) >= 11 is 4.90. The second kappa shape index (κ2) is 4.72. The largest absolute Gasteiger partial charge is 0.409 e. The van der Waals surface area contributed by atoms with Crippen LogP contribution in [0.1, 0.15) is 16.8 Å². The highest BCUT2D eigenvalue weighted by Gasteiger charge is 2.15. The van der Waals surface area contributed by atoms with Crippen molar-refractivity contribution in [1.29, 1.82) is 0 Å². The molecule has 0 saturated heterocycles. The summed E-state index contributed by atoms with van der Waals surface area (Å²) in [4.78, 5) is 0.263. The number of aromatic amines is 1. The molecule has 0 aliphatic carbocycles. The fourth-order valence-electron chi connectivity index (χ4n) is 2.16. The van der Waals surface area contributed by atoms with Crippen molar-refractivity contribution in [2.24, 2.45) is 0 Å². The van der Waals surface area contributed by atoms with Gasteiger partial charge in [-0.15, -0.1) is 5.10 Å². The highest BCUT2D eigenvalue weighted by molar-refractivity contribution is 7.71. The van der Waals surface area contributed by atoms with Crippen LogP contribution in [-0.2, 0) is 0 Å². The molecule has 0 saturated carbocycles. The number of nitrogens with zero attached hydrogens (tertiary/aromatic N) is 3. The molecule has 0 aliphatic heterocycles. The maximum absolute atomic E-state index is 5.35. The molecule has 0 unspecified atom stereocenters. The molecule has 102 valence electrons. The topological polar surface area (TPSA) is 59.6 Å². The third kappa shape index (κ3) is 2.08. The van der Waals surface area contributed by atoms with Crippen LogP contribution in [-0.4, -0.2) is 20.0 Å². The third-order valence-electron chi connectivity index (χ3n) is 3.27. The molecule has 6 heteroatoms. The standard InChI is InChI=1S/C14H14N4OS/c1-8-4-5-9(2)12(6-8)18-10(3)11(7-15-18)13-16-17-14(20)19-13/h4-7H,1-3H3,(H,17,20). The normalized spacial score (nSPS) is 10.9. The van der Waals surface area contributed by atoms with Crippen LogP contribution < -0.4 is 0 Å². The summed E-state index contributed by atoms with van der Waals surface area (Å²) < 4.78 is 7.24. The summed E-state index contributed by atoms with van der Waals surface area (Å²) in [5, 5.41) is 11.1. The number of rotatable bonds is 2. The first kappa shape index (κ1) is 12.8. The molecule has 0 radical (unpaired) electrons. The Hall–Kier alpha value is -2.21. The minimum absolute atomic E-state index is 0.263. The molecule has 1 aromatic carbocycles. The average Bonchev–Trinajstić information content (AvgIpc) is 2.99. The number of aromatic nitrogens is 4. The molecular formula is C14H14N4OS. The van der Waals surface area contributed by atoms with Crippen molar-refractivity contribution in [3.63, 3.8) is 0 Å². The molecule has 0 amide bonds. The van der Waals surface area contributed by atoms with Crippen molar-refractivity contribution in [2.45, 2.75) is 20.8 Å². The van der Waals surface area contributed by atoms with Crippen molar-refractivity contribution in [1.82, 2.24) is 20.0 Å².